The summed E-state index contributed by atoms with van der Waals surface area (Å²) in [6.07, 6.45) is 1.68. The van der Waals surface area contributed by atoms with Crippen LogP contribution in [-0.2, 0) is 10.0 Å². The molecule has 0 spiro atoms. The molecule has 0 amide bonds. The second kappa shape index (κ2) is 7.59. The van der Waals surface area contributed by atoms with Crippen LogP contribution < -0.4 is 9.84 Å². The standard InChI is InChI=1S/C21H17ClN3O3S/c1-14-6-5-9-18(23-14)21(26)20-13-15-12-16(22)10-11-19(15)25(20)24-29(27,28)17-7-3-2-4-8-17/h2-13,20,24H,1H3. The minimum absolute atomic E-state index is 0.0993. The molecule has 0 saturated carbocycles. The molecule has 0 saturated heterocycles. The van der Waals surface area contributed by atoms with E-state index in [1.165, 1.54) is 17.1 Å². The number of aryl methyl sites for hydroxylation is 1. The molecule has 1 aliphatic heterocycles. The van der Waals surface area contributed by atoms with Crippen molar-refractivity contribution in [2.24, 2.45) is 0 Å². The molecule has 8 heteroatoms. The Bertz CT molecular complexity index is 1180. The van der Waals surface area contributed by atoms with Crippen LogP contribution in [0, 0.1) is 13.3 Å². The molecule has 1 atom stereocenters. The number of Topliss-reactive ketones (excluding diaryl/α,β-unsaturated/α-hetero) is 1. The lowest BCUT2D eigenvalue weighted by atomic mass is 10.0. The van der Waals surface area contributed by atoms with Crippen molar-refractivity contribution in [3.63, 3.8) is 0 Å². The predicted octanol–water partition coefficient (Wildman–Crippen LogP) is 3.56. The number of hydrazine groups is 1. The van der Waals surface area contributed by atoms with Gasteiger partial charge in [0.2, 0.25) is 5.78 Å². The van der Waals surface area contributed by atoms with E-state index >= 15 is 0 Å². The fourth-order valence-electron chi connectivity index (χ4n) is 3.19. The Morgan fingerprint density at radius 3 is 2.55 bits per heavy atom. The maximum absolute atomic E-state index is 13.2. The summed E-state index contributed by atoms with van der Waals surface area (Å²) in [7, 11) is -3.90. The van der Waals surface area contributed by atoms with Crippen molar-refractivity contribution in [3.8, 4) is 0 Å². The molecule has 6 nitrogen and oxygen atoms in total. The van der Waals surface area contributed by atoms with Crippen LogP contribution in [0.4, 0.5) is 5.69 Å². The highest BCUT2D eigenvalue weighted by Gasteiger charge is 2.38. The molecule has 29 heavy (non-hydrogen) atoms. The maximum Gasteiger partial charge on any atom is 0.257 e. The number of rotatable bonds is 5. The van der Waals surface area contributed by atoms with E-state index < -0.39 is 16.1 Å². The zero-order valence-corrected chi connectivity index (χ0v) is 17.0. The van der Waals surface area contributed by atoms with Crippen LogP contribution in [0.15, 0.2) is 71.6 Å². The summed E-state index contributed by atoms with van der Waals surface area (Å²) in [6, 6.07) is 17.3. The van der Waals surface area contributed by atoms with Crippen LogP contribution in [0.1, 0.15) is 21.7 Å². The molecule has 0 fully saturated rings. The summed E-state index contributed by atoms with van der Waals surface area (Å²) in [5, 5.41) is 1.84. The quantitative estimate of drug-likeness (QED) is 0.631. The Hall–Kier alpha value is -2.74. The zero-order chi connectivity index (χ0) is 20.6. The number of benzene rings is 2. The molecule has 4 rings (SSSR count). The van der Waals surface area contributed by atoms with E-state index in [0.717, 1.165) is 0 Å². The fraction of sp³-hybridized carbons (Fsp3) is 0.0952. The molecular formula is C21H17ClN3O3S. The van der Waals surface area contributed by atoms with Gasteiger partial charge in [0.05, 0.1) is 10.6 Å². The number of carbonyl (C=O) groups excluding carboxylic acids is 1. The number of halogens is 1. The van der Waals surface area contributed by atoms with Crippen LogP contribution >= 0.6 is 11.6 Å². The SMILES string of the molecule is Cc1cccc(C(=O)C2[CH]c3cc(Cl)ccc3N2NS(=O)(=O)c2ccccc2)n1. The number of nitrogens with zero attached hydrogens (tertiary/aromatic N) is 2. The minimum atomic E-state index is -3.90. The molecule has 0 aliphatic carbocycles. The minimum Gasteiger partial charge on any atom is -0.290 e. The van der Waals surface area contributed by atoms with E-state index in [1.54, 1.807) is 67.9 Å². The normalized spacial score (nSPS) is 15.9. The van der Waals surface area contributed by atoms with Gasteiger partial charge in [0.25, 0.3) is 10.0 Å². The Balaban J connectivity index is 1.74. The van der Waals surface area contributed by atoms with E-state index in [-0.39, 0.29) is 16.4 Å². The van der Waals surface area contributed by atoms with Crippen molar-refractivity contribution in [1.29, 1.82) is 0 Å². The molecule has 1 aromatic heterocycles. The summed E-state index contributed by atoms with van der Waals surface area (Å²) < 4.78 is 25.8. The Kier molecular flexibility index (Phi) is 5.12. The summed E-state index contributed by atoms with van der Waals surface area (Å²) in [4.78, 5) is 20.1. The monoisotopic (exact) mass is 426 g/mol. The molecule has 1 N–H and O–H groups in total. The number of sulfonamides is 1. The van der Waals surface area contributed by atoms with Crippen molar-refractivity contribution in [1.82, 2.24) is 9.82 Å². The van der Waals surface area contributed by atoms with E-state index in [0.29, 0.717) is 22.0 Å². The second-order valence-electron chi connectivity index (χ2n) is 6.62. The molecule has 1 unspecified atom stereocenters. The van der Waals surface area contributed by atoms with Crippen LogP contribution in [0.25, 0.3) is 0 Å². The third-order valence-electron chi connectivity index (χ3n) is 4.55. The number of hydrogen-bond acceptors (Lipinski definition) is 5. The molecule has 2 heterocycles. The van der Waals surface area contributed by atoms with Gasteiger partial charge in [-0.2, -0.15) is 0 Å². The highest BCUT2D eigenvalue weighted by atomic mass is 35.5. The van der Waals surface area contributed by atoms with Crippen molar-refractivity contribution >= 4 is 33.1 Å². The maximum atomic E-state index is 13.2. The van der Waals surface area contributed by atoms with E-state index in [1.807, 2.05) is 0 Å². The van der Waals surface area contributed by atoms with Gasteiger partial charge in [-0.3, -0.25) is 9.80 Å². The molecule has 0 bridgehead atoms. The van der Waals surface area contributed by atoms with Crippen molar-refractivity contribution in [2.45, 2.75) is 17.9 Å². The van der Waals surface area contributed by atoms with Gasteiger partial charge in [-0.25, -0.2) is 13.4 Å². The highest BCUT2D eigenvalue weighted by Crippen LogP contribution is 2.36. The molecule has 1 aliphatic rings. The molecule has 2 aromatic carbocycles. The Labute approximate surface area is 174 Å². The molecule has 147 valence electrons. The van der Waals surface area contributed by atoms with Crippen molar-refractivity contribution in [2.75, 3.05) is 5.01 Å². The van der Waals surface area contributed by atoms with Gasteiger partial charge in [0, 0.05) is 17.1 Å². The summed E-state index contributed by atoms with van der Waals surface area (Å²) in [5.41, 5.74) is 2.17. The summed E-state index contributed by atoms with van der Waals surface area (Å²) in [6.45, 7) is 1.79. The van der Waals surface area contributed by atoms with Crippen LogP contribution in [0.2, 0.25) is 5.02 Å². The first-order valence-corrected chi connectivity index (χ1v) is 10.7. The van der Waals surface area contributed by atoms with Gasteiger partial charge >= 0.3 is 0 Å². The van der Waals surface area contributed by atoms with Crippen LogP contribution in [-0.4, -0.2) is 25.2 Å². The topological polar surface area (TPSA) is 79.4 Å². The van der Waals surface area contributed by atoms with Crippen LogP contribution in [0.5, 0.6) is 0 Å². The first kappa shape index (κ1) is 19.6. The number of fused-ring (bicyclic) bond motifs is 1. The number of pyridine rings is 1. The molecule has 1 radical (unpaired) electrons. The summed E-state index contributed by atoms with van der Waals surface area (Å²) in [5.74, 6) is -0.322. The largest absolute Gasteiger partial charge is 0.290 e. The van der Waals surface area contributed by atoms with E-state index in [2.05, 4.69) is 9.82 Å². The predicted molar refractivity (Wildman–Crippen MR) is 111 cm³/mol. The summed E-state index contributed by atoms with van der Waals surface area (Å²) >= 11 is 6.09. The van der Waals surface area contributed by atoms with Gasteiger partial charge < -0.3 is 0 Å². The van der Waals surface area contributed by atoms with E-state index in [4.69, 9.17) is 11.6 Å². The number of aromatic nitrogens is 1. The Morgan fingerprint density at radius 2 is 1.83 bits per heavy atom. The number of hydrogen-bond donors (Lipinski definition) is 1. The Morgan fingerprint density at radius 1 is 1.07 bits per heavy atom. The number of anilines is 1. The first-order chi connectivity index (χ1) is 13.8. The zero-order valence-electron chi connectivity index (χ0n) is 15.4. The van der Waals surface area contributed by atoms with Gasteiger partial charge in [-0.15, -0.1) is 4.83 Å². The van der Waals surface area contributed by atoms with Gasteiger partial charge in [0.1, 0.15) is 11.7 Å². The van der Waals surface area contributed by atoms with E-state index in [9.17, 15) is 13.2 Å². The van der Waals surface area contributed by atoms with Gasteiger partial charge in [0.15, 0.2) is 0 Å². The number of nitrogens with one attached hydrogen (secondary N) is 1. The third kappa shape index (κ3) is 3.89. The van der Waals surface area contributed by atoms with Crippen molar-refractivity contribution in [3.05, 3.63) is 95.1 Å². The average Bonchev–Trinajstić information content (AvgIpc) is 3.05. The van der Waals surface area contributed by atoms with Crippen LogP contribution in [0.3, 0.4) is 0 Å². The second-order valence-corrected chi connectivity index (χ2v) is 8.72. The third-order valence-corrected chi connectivity index (χ3v) is 6.11. The van der Waals surface area contributed by atoms with Crippen molar-refractivity contribution < 1.29 is 13.2 Å². The lowest BCUT2D eigenvalue weighted by molar-refractivity contribution is 0.0966. The molecule has 3 aromatic rings. The molecular weight excluding hydrogens is 410 g/mol. The lowest BCUT2D eigenvalue weighted by Crippen LogP contribution is -2.49. The van der Waals surface area contributed by atoms with Gasteiger partial charge in [-0.05, 0) is 55.0 Å². The lowest BCUT2D eigenvalue weighted by Gasteiger charge is -2.26. The first-order valence-electron chi connectivity index (χ1n) is 8.84. The number of ketones is 1. The fourth-order valence-corrected chi connectivity index (χ4v) is 4.46. The average molecular weight is 427 g/mol. The number of carbonyl (C=O) groups is 1. The highest BCUT2D eigenvalue weighted by molar-refractivity contribution is 7.89. The van der Waals surface area contributed by atoms with Gasteiger partial charge in [-0.1, -0.05) is 35.9 Å². The smallest absolute Gasteiger partial charge is 0.257 e.